The minimum absolute atomic E-state index is 0.114. The van der Waals surface area contributed by atoms with E-state index in [1.165, 1.54) is 5.56 Å². The van der Waals surface area contributed by atoms with Crippen LogP contribution in [0.2, 0.25) is 0 Å². The summed E-state index contributed by atoms with van der Waals surface area (Å²) in [5, 5.41) is 16.2. The average Bonchev–Trinajstić information content (AvgIpc) is 2.97. The van der Waals surface area contributed by atoms with E-state index in [-0.39, 0.29) is 6.04 Å². The second kappa shape index (κ2) is 5.70. The van der Waals surface area contributed by atoms with E-state index >= 15 is 0 Å². The highest BCUT2D eigenvalue weighted by molar-refractivity contribution is 5.78. The van der Waals surface area contributed by atoms with E-state index in [9.17, 15) is 5.11 Å². The highest BCUT2D eigenvalue weighted by atomic mass is 16.3. The molecule has 3 nitrogen and oxygen atoms in total. The molecule has 3 aromatic rings. The maximum Gasteiger partial charge on any atom is 0.101 e. The Morgan fingerprint density at radius 1 is 1.10 bits per heavy atom. The molecule has 3 heteroatoms. The lowest BCUT2D eigenvalue weighted by molar-refractivity contribution is 0.118. The molecule has 2 unspecified atom stereocenters. The van der Waals surface area contributed by atoms with Crippen LogP contribution in [0.1, 0.15) is 37.1 Å². The molecule has 1 aromatic heterocycles. The first-order valence-corrected chi connectivity index (χ1v) is 7.40. The summed E-state index contributed by atoms with van der Waals surface area (Å²) in [6, 6.07) is 16.1. The molecule has 1 heterocycles. The molecule has 0 aliphatic rings. The van der Waals surface area contributed by atoms with Crippen LogP contribution < -0.4 is 0 Å². The molecule has 3 rings (SSSR count). The molecule has 0 aliphatic carbocycles. The standard InChI is InChI=1S/C18H20N2O/c1-3-14-8-10-15(11-9-14)18(21)13(2)20-17-7-5-4-6-16(17)12-19-20/h4-13,18,21H,3H2,1-2H3. The van der Waals surface area contributed by atoms with Crippen molar-refractivity contribution in [3.63, 3.8) is 0 Å². The first-order valence-electron chi connectivity index (χ1n) is 7.40. The summed E-state index contributed by atoms with van der Waals surface area (Å²) >= 11 is 0. The minimum atomic E-state index is -0.570. The second-order valence-corrected chi connectivity index (χ2v) is 5.43. The Bertz CT molecular complexity index is 730. The normalized spacial score (nSPS) is 14.2. The van der Waals surface area contributed by atoms with E-state index in [1.807, 2.05) is 54.2 Å². The fraction of sp³-hybridized carbons (Fsp3) is 0.278. The van der Waals surface area contributed by atoms with Crippen LogP contribution in [0.25, 0.3) is 10.9 Å². The first kappa shape index (κ1) is 13.8. The number of aryl methyl sites for hydroxylation is 1. The quantitative estimate of drug-likeness (QED) is 0.787. The van der Waals surface area contributed by atoms with Crippen molar-refractivity contribution in [2.75, 3.05) is 0 Å². The van der Waals surface area contributed by atoms with Gasteiger partial charge in [0.2, 0.25) is 0 Å². The van der Waals surface area contributed by atoms with Gasteiger partial charge in [0.25, 0.3) is 0 Å². The zero-order chi connectivity index (χ0) is 14.8. The summed E-state index contributed by atoms with van der Waals surface area (Å²) in [4.78, 5) is 0. The van der Waals surface area contributed by atoms with Gasteiger partial charge in [-0.15, -0.1) is 0 Å². The van der Waals surface area contributed by atoms with Crippen molar-refractivity contribution in [3.8, 4) is 0 Å². The lowest BCUT2D eigenvalue weighted by atomic mass is 10.0. The van der Waals surface area contributed by atoms with Gasteiger partial charge in [-0.05, 0) is 30.5 Å². The van der Waals surface area contributed by atoms with Crippen LogP contribution in [0.4, 0.5) is 0 Å². The molecule has 0 bridgehead atoms. The average molecular weight is 280 g/mol. The summed E-state index contributed by atoms with van der Waals surface area (Å²) in [5.74, 6) is 0. The number of rotatable bonds is 4. The molecule has 2 aromatic carbocycles. The molecule has 0 saturated carbocycles. The van der Waals surface area contributed by atoms with Crippen molar-refractivity contribution >= 4 is 10.9 Å². The number of benzene rings is 2. The van der Waals surface area contributed by atoms with E-state index < -0.39 is 6.10 Å². The van der Waals surface area contributed by atoms with Crippen molar-refractivity contribution < 1.29 is 5.11 Å². The molecular formula is C18H20N2O. The summed E-state index contributed by atoms with van der Waals surface area (Å²) in [7, 11) is 0. The molecule has 0 aliphatic heterocycles. The van der Waals surface area contributed by atoms with Gasteiger partial charge in [0.05, 0.1) is 17.8 Å². The number of fused-ring (bicyclic) bond motifs is 1. The van der Waals surface area contributed by atoms with Gasteiger partial charge in [-0.2, -0.15) is 5.10 Å². The topological polar surface area (TPSA) is 38.0 Å². The Kier molecular flexibility index (Phi) is 3.76. The van der Waals surface area contributed by atoms with Crippen molar-refractivity contribution in [2.24, 2.45) is 0 Å². The second-order valence-electron chi connectivity index (χ2n) is 5.43. The van der Waals surface area contributed by atoms with Crippen LogP contribution in [0.5, 0.6) is 0 Å². The van der Waals surface area contributed by atoms with Crippen LogP contribution in [-0.4, -0.2) is 14.9 Å². The fourth-order valence-electron chi connectivity index (χ4n) is 2.68. The molecule has 1 N–H and O–H groups in total. The third-order valence-corrected chi connectivity index (χ3v) is 4.08. The van der Waals surface area contributed by atoms with Gasteiger partial charge in [-0.25, -0.2) is 0 Å². The lowest BCUT2D eigenvalue weighted by Gasteiger charge is -2.21. The van der Waals surface area contributed by atoms with E-state index in [0.717, 1.165) is 22.9 Å². The van der Waals surface area contributed by atoms with Gasteiger partial charge in [0.1, 0.15) is 6.10 Å². The molecule has 0 fully saturated rings. The van der Waals surface area contributed by atoms with E-state index in [2.05, 4.69) is 24.2 Å². The Balaban J connectivity index is 1.91. The summed E-state index contributed by atoms with van der Waals surface area (Å²) in [6.07, 6.45) is 2.29. The number of hydrogen-bond acceptors (Lipinski definition) is 2. The number of aliphatic hydroxyl groups is 1. The van der Waals surface area contributed by atoms with Crippen LogP contribution in [-0.2, 0) is 6.42 Å². The Morgan fingerprint density at radius 3 is 2.52 bits per heavy atom. The molecule has 21 heavy (non-hydrogen) atoms. The van der Waals surface area contributed by atoms with Gasteiger partial charge < -0.3 is 5.11 Å². The van der Waals surface area contributed by atoms with E-state index in [4.69, 9.17) is 0 Å². The van der Waals surface area contributed by atoms with Gasteiger partial charge >= 0.3 is 0 Å². The highest BCUT2D eigenvalue weighted by Crippen LogP contribution is 2.28. The third kappa shape index (κ3) is 2.57. The van der Waals surface area contributed by atoms with Crippen LogP contribution in [0, 0.1) is 0 Å². The summed E-state index contributed by atoms with van der Waals surface area (Å²) in [6.45, 7) is 4.13. The first-order chi connectivity index (χ1) is 10.2. The number of hydrogen-bond donors (Lipinski definition) is 1. The molecule has 108 valence electrons. The smallest absolute Gasteiger partial charge is 0.101 e. The zero-order valence-corrected chi connectivity index (χ0v) is 12.4. The largest absolute Gasteiger partial charge is 0.386 e. The number of aromatic nitrogens is 2. The van der Waals surface area contributed by atoms with Gasteiger partial charge in [-0.3, -0.25) is 4.68 Å². The highest BCUT2D eigenvalue weighted by Gasteiger charge is 2.20. The van der Waals surface area contributed by atoms with E-state index in [0.29, 0.717) is 0 Å². The number of nitrogens with zero attached hydrogens (tertiary/aromatic N) is 2. The molecule has 0 amide bonds. The lowest BCUT2D eigenvalue weighted by Crippen LogP contribution is -2.16. The van der Waals surface area contributed by atoms with Crippen LogP contribution in [0.3, 0.4) is 0 Å². The Labute approximate surface area is 124 Å². The molecular weight excluding hydrogens is 260 g/mol. The van der Waals surface area contributed by atoms with Crippen LogP contribution >= 0.6 is 0 Å². The summed E-state index contributed by atoms with van der Waals surface area (Å²) < 4.78 is 1.90. The van der Waals surface area contributed by atoms with Gasteiger partial charge in [0.15, 0.2) is 0 Å². The van der Waals surface area contributed by atoms with Gasteiger partial charge in [-0.1, -0.05) is 49.4 Å². The Hall–Kier alpha value is -2.13. The maximum absolute atomic E-state index is 10.6. The molecule has 0 spiro atoms. The van der Waals surface area contributed by atoms with Crippen molar-refractivity contribution in [2.45, 2.75) is 32.4 Å². The summed E-state index contributed by atoms with van der Waals surface area (Å²) in [5.41, 5.74) is 3.26. The fourth-order valence-corrected chi connectivity index (χ4v) is 2.68. The maximum atomic E-state index is 10.6. The number of aliphatic hydroxyl groups excluding tert-OH is 1. The van der Waals surface area contributed by atoms with Crippen molar-refractivity contribution in [1.29, 1.82) is 0 Å². The van der Waals surface area contributed by atoms with Crippen LogP contribution in [0.15, 0.2) is 54.7 Å². The Morgan fingerprint density at radius 2 is 1.81 bits per heavy atom. The van der Waals surface area contributed by atoms with Crippen molar-refractivity contribution in [1.82, 2.24) is 9.78 Å². The molecule has 0 radical (unpaired) electrons. The third-order valence-electron chi connectivity index (χ3n) is 4.08. The predicted molar refractivity (Wildman–Crippen MR) is 85.2 cm³/mol. The predicted octanol–water partition coefficient (Wildman–Crippen LogP) is 3.89. The zero-order valence-electron chi connectivity index (χ0n) is 12.4. The monoisotopic (exact) mass is 280 g/mol. The minimum Gasteiger partial charge on any atom is -0.386 e. The molecule has 2 atom stereocenters. The van der Waals surface area contributed by atoms with Crippen molar-refractivity contribution in [3.05, 3.63) is 65.9 Å². The molecule has 0 saturated heterocycles. The number of para-hydroxylation sites is 1. The van der Waals surface area contributed by atoms with E-state index in [1.54, 1.807) is 0 Å². The SMILES string of the molecule is CCc1ccc(C(O)C(C)n2ncc3ccccc32)cc1. The van der Waals surface area contributed by atoms with Gasteiger partial charge in [0, 0.05) is 5.39 Å².